The minimum Gasteiger partial charge on any atom is -0.474 e. The van der Waals surface area contributed by atoms with Crippen LogP contribution in [0.5, 0.6) is 0 Å². The van der Waals surface area contributed by atoms with Crippen molar-refractivity contribution in [3.8, 4) is 0 Å². The number of rotatable bonds is 22. The molecule has 0 spiro atoms. The molecule has 0 radical (unpaired) electrons. The molecule has 39 heavy (non-hydrogen) atoms. The van der Waals surface area contributed by atoms with E-state index in [4.69, 9.17) is 19.0 Å². The van der Waals surface area contributed by atoms with Crippen molar-refractivity contribution in [2.75, 3.05) is 11.9 Å². The van der Waals surface area contributed by atoms with Gasteiger partial charge >= 0.3 is 13.6 Å². The quantitative estimate of drug-likeness (QED) is 0.0647. The molecule has 1 atom stereocenters. The smallest absolute Gasteiger partial charge is 0.326 e. The summed E-state index contributed by atoms with van der Waals surface area (Å²) in [4.78, 5) is 36.5. The van der Waals surface area contributed by atoms with Crippen molar-refractivity contribution >= 4 is 37.0 Å². The van der Waals surface area contributed by atoms with Crippen molar-refractivity contribution in [3.05, 3.63) is 17.9 Å². The normalized spacial score (nSPS) is 13.6. The highest BCUT2D eigenvalue weighted by molar-refractivity contribution is 7.89. The van der Waals surface area contributed by atoms with E-state index in [-0.39, 0.29) is 12.8 Å². The number of carbonyl (C=O) groups excluding carboxylic acids is 1. The summed E-state index contributed by atoms with van der Waals surface area (Å²) in [6.07, 6.45) is 10.6. The van der Waals surface area contributed by atoms with Gasteiger partial charge in [-0.15, -0.1) is 0 Å². The minimum atomic E-state index is -4.35. The van der Waals surface area contributed by atoms with Gasteiger partial charge in [0.1, 0.15) is 8.07 Å². The molecule has 1 aromatic rings. The fourth-order valence-corrected chi connectivity index (χ4v) is 10.5. The number of furan rings is 1. The van der Waals surface area contributed by atoms with Gasteiger partial charge in [-0.1, -0.05) is 97.2 Å². The van der Waals surface area contributed by atoms with E-state index >= 15 is 0 Å². The topological polar surface area (TPSA) is 134 Å². The summed E-state index contributed by atoms with van der Waals surface area (Å²) in [7, 11) is -10.4. The molecule has 1 rings (SSSR count). The average molecular weight is 610 g/mol. The molecule has 0 aliphatic heterocycles. The van der Waals surface area contributed by atoms with Crippen LogP contribution in [0.2, 0.25) is 18.1 Å². The molecule has 1 heterocycles. The summed E-state index contributed by atoms with van der Waals surface area (Å²) < 4.78 is 44.4. The minimum absolute atomic E-state index is 0.102. The summed E-state index contributed by atoms with van der Waals surface area (Å²) >= 11 is 0. The number of hydrogen-bond donors (Lipinski definition) is 2. The predicted molar refractivity (Wildman–Crippen MR) is 159 cm³/mol. The third-order valence-electron chi connectivity index (χ3n) is 7.77. The molecule has 0 aliphatic carbocycles. The van der Waals surface area contributed by atoms with Crippen molar-refractivity contribution in [1.29, 1.82) is 0 Å². The summed E-state index contributed by atoms with van der Waals surface area (Å²) in [5.41, 5.74) is 0.590. The van der Waals surface area contributed by atoms with E-state index in [9.17, 15) is 17.8 Å². The van der Waals surface area contributed by atoms with E-state index in [2.05, 4.69) is 27.7 Å². The maximum atomic E-state index is 13.2. The highest BCUT2D eigenvalue weighted by atomic mass is 32.2. The van der Waals surface area contributed by atoms with Gasteiger partial charge in [0.25, 0.3) is 0 Å². The van der Waals surface area contributed by atoms with Crippen LogP contribution >= 0.6 is 7.60 Å². The van der Waals surface area contributed by atoms with Crippen LogP contribution in [0.15, 0.2) is 16.7 Å². The van der Waals surface area contributed by atoms with E-state index in [1.807, 2.05) is 6.07 Å². The molecule has 0 amide bonds. The molecule has 0 saturated heterocycles. The van der Waals surface area contributed by atoms with Crippen LogP contribution < -0.4 is 5.38 Å². The fourth-order valence-electron chi connectivity index (χ4n) is 4.89. The SMILES string of the molecule is CCCCCCCCCCCC(=O)ON(C(C)c1coc([Si](CC)(CC)CC)c1)S(=O)(=O)CCCP(=O)(O)O. The molecule has 228 valence electrons. The number of carbonyl (C=O) groups is 1. The summed E-state index contributed by atoms with van der Waals surface area (Å²) in [5, 5.41) is 0.900. The zero-order valence-electron chi connectivity index (χ0n) is 24.7. The lowest BCUT2D eigenvalue weighted by Gasteiger charge is -2.26. The van der Waals surface area contributed by atoms with E-state index in [0.29, 0.717) is 16.5 Å². The predicted octanol–water partition coefficient (Wildman–Crippen LogP) is 6.63. The fraction of sp³-hybridized carbons (Fsp3) is 0.815. The largest absolute Gasteiger partial charge is 0.474 e. The maximum absolute atomic E-state index is 13.2. The Morgan fingerprint density at radius 1 is 0.974 bits per heavy atom. The van der Waals surface area contributed by atoms with Crippen molar-refractivity contribution < 1.29 is 36.8 Å². The number of sulfonamides is 1. The Balaban J connectivity index is 2.92. The molecule has 1 unspecified atom stereocenters. The van der Waals surface area contributed by atoms with Gasteiger partial charge in [0, 0.05) is 12.0 Å². The van der Waals surface area contributed by atoms with Crippen molar-refractivity contribution in [1.82, 2.24) is 4.47 Å². The Labute approximate surface area is 237 Å². The lowest BCUT2D eigenvalue weighted by molar-refractivity contribution is -0.175. The van der Waals surface area contributed by atoms with Gasteiger partial charge in [-0.25, -0.2) is 8.42 Å². The molecule has 1 aromatic heterocycles. The molecule has 2 N–H and O–H groups in total. The molecule has 0 aliphatic rings. The first-order chi connectivity index (χ1) is 18.4. The van der Waals surface area contributed by atoms with Crippen LogP contribution in [0.3, 0.4) is 0 Å². The molecule has 0 aromatic carbocycles. The highest BCUT2D eigenvalue weighted by Gasteiger charge is 2.37. The molecule has 12 heteroatoms. The van der Waals surface area contributed by atoms with Crippen molar-refractivity contribution in [2.24, 2.45) is 0 Å². The number of unbranched alkanes of at least 4 members (excludes halogenated alkanes) is 8. The Bertz CT molecular complexity index is 981. The summed E-state index contributed by atoms with van der Waals surface area (Å²) in [6, 6.07) is 4.05. The van der Waals surface area contributed by atoms with Crippen molar-refractivity contribution in [2.45, 2.75) is 129 Å². The van der Waals surface area contributed by atoms with E-state index in [0.717, 1.165) is 42.8 Å². The zero-order chi connectivity index (χ0) is 29.5. The van der Waals surface area contributed by atoms with Crippen LogP contribution in [0.25, 0.3) is 0 Å². The van der Waals surface area contributed by atoms with E-state index in [1.54, 1.807) is 6.92 Å². The molecule has 0 saturated carbocycles. The number of nitrogens with zero attached hydrogens (tertiary/aromatic N) is 1. The van der Waals surface area contributed by atoms with Gasteiger partial charge in [-0.05, 0) is 30.3 Å². The maximum Gasteiger partial charge on any atom is 0.326 e. The molecule has 0 fully saturated rings. The number of hydroxylamine groups is 1. The second kappa shape index (κ2) is 17.8. The summed E-state index contributed by atoms with van der Waals surface area (Å²) in [5.74, 6) is -1.18. The van der Waals surface area contributed by atoms with Crippen LogP contribution in [0.1, 0.15) is 117 Å². The molecular formula is C27H52NO8PSSi. The first kappa shape index (κ1) is 36.1. The van der Waals surface area contributed by atoms with Gasteiger partial charge < -0.3 is 19.0 Å². The van der Waals surface area contributed by atoms with Crippen molar-refractivity contribution in [3.63, 3.8) is 0 Å². The second-order valence-corrected chi connectivity index (χ2v) is 19.5. The van der Waals surface area contributed by atoms with Gasteiger partial charge in [-0.3, -0.25) is 9.36 Å². The first-order valence-corrected chi connectivity index (χ1v) is 20.7. The zero-order valence-corrected chi connectivity index (χ0v) is 27.4. The van der Waals surface area contributed by atoms with Crippen LogP contribution in [-0.2, 0) is 24.2 Å². The Kier molecular flexibility index (Phi) is 16.4. The highest BCUT2D eigenvalue weighted by Crippen LogP contribution is 2.35. The summed E-state index contributed by atoms with van der Waals surface area (Å²) in [6.45, 7) is 10.3. The first-order valence-electron chi connectivity index (χ1n) is 14.7. The Hall–Kier alpha value is -0.973. The van der Waals surface area contributed by atoms with E-state index in [1.165, 1.54) is 38.4 Å². The standard InChI is InChI=1S/C27H52NO8PSSi/c1-6-10-11-12-13-14-15-16-17-19-26(29)36-28(38(33,34)21-18-20-37(30,31)32)24(5)25-22-27(35-23-25)39(7-2,8-3)9-4/h22-24H,6-21H2,1-5H3,(H2,30,31,32). The third kappa shape index (κ3) is 12.6. The second-order valence-electron chi connectivity index (χ2n) is 10.6. The van der Waals surface area contributed by atoms with Crippen LogP contribution in [-0.4, -0.2) is 48.6 Å². The average Bonchev–Trinajstić information content (AvgIpc) is 3.37. The molecule has 9 nitrogen and oxygen atoms in total. The molecular weight excluding hydrogens is 557 g/mol. The van der Waals surface area contributed by atoms with Crippen LogP contribution in [0.4, 0.5) is 0 Å². The Morgan fingerprint density at radius 2 is 1.51 bits per heavy atom. The molecule has 0 bridgehead atoms. The van der Waals surface area contributed by atoms with Gasteiger partial charge in [0.15, 0.2) is 0 Å². The van der Waals surface area contributed by atoms with Crippen LogP contribution in [0, 0.1) is 0 Å². The van der Waals surface area contributed by atoms with Gasteiger partial charge in [0.05, 0.1) is 29.6 Å². The lowest BCUT2D eigenvalue weighted by Crippen LogP contribution is -2.45. The monoisotopic (exact) mass is 609 g/mol. The lowest BCUT2D eigenvalue weighted by atomic mass is 10.1. The van der Waals surface area contributed by atoms with Gasteiger partial charge in [-0.2, -0.15) is 0 Å². The van der Waals surface area contributed by atoms with Gasteiger partial charge in [0.2, 0.25) is 10.0 Å². The van der Waals surface area contributed by atoms with E-state index < -0.39 is 49.6 Å². The number of hydrogen-bond acceptors (Lipinski definition) is 6. The Morgan fingerprint density at radius 3 is 2.03 bits per heavy atom. The third-order valence-corrected chi connectivity index (χ3v) is 15.8.